The summed E-state index contributed by atoms with van der Waals surface area (Å²) in [5.41, 5.74) is -0.701. The molecule has 5 nitrogen and oxygen atoms in total. The molecule has 110 valence electrons. The van der Waals surface area contributed by atoms with Crippen LogP contribution in [0.25, 0.3) is 5.82 Å². The third-order valence-corrected chi connectivity index (χ3v) is 4.12. The molecule has 0 saturated carbocycles. The van der Waals surface area contributed by atoms with Crippen LogP contribution in [-0.2, 0) is 9.31 Å². The van der Waals surface area contributed by atoms with E-state index in [-0.39, 0.29) is 0 Å². The lowest BCUT2D eigenvalue weighted by Gasteiger charge is -2.32. The van der Waals surface area contributed by atoms with Crippen LogP contribution < -0.4 is 5.46 Å². The van der Waals surface area contributed by atoms with E-state index in [4.69, 9.17) is 9.31 Å². The standard InChI is InChI=1S/C14H17BFN3O2/c1-13(2)14(3,4)21-15(20-13)10-8-12(17-9-11(10)16)19-7-5-6-18-19/h5-9H,1-4H3. The minimum Gasteiger partial charge on any atom is -0.399 e. The van der Waals surface area contributed by atoms with Crippen LogP contribution in [0.5, 0.6) is 0 Å². The van der Waals surface area contributed by atoms with Gasteiger partial charge in [-0.05, 0) is 39.8 Å². The van der Waals surface area contributed by atoms with Gasteiger partial charge in [0.15, 0.2) is 5.82 Å². The zero-order valence-corrected chi connectivity index (χ0v) is 12.5. The molecule has 3 rings (SSSR count). The van der Waals surface area contributed by atoms with Gasteiger partial charge in [-0.25, -0.2) is 14.1 Å². The fraction of sp³-hybridized carbons (Fsp3) is 0.429. The smallest absolute Gasteiger partial charge is 0.399 e. The predicted molar refractivity (Wildman–Crippen MR) is 77.0 cm³/mol. The average molecular weight is 289 g/mol. The molecule has 3 heterocycles. The van der Waals surface area contributed by atoms with E-state index in [1.807, 2.05) is 27.7 Å². The van der Waals surface area contributed by atoms with Gasteiger partial charge in [-0.1, -0.05) is 0 Å². The van der Waals surface area contributed by atoms with E-state index in [9.17, 15) is 4.39 Å². The first-order valence-corrected chi connectivity index (χ1v) is 6.81. The van der Waals surface area contributed by atoms with Gasteiger partial charge in [0.2, 0.25) is 0 Å². The molecule has 1 fully saturated rings. The van der Waals surface area contributed by atoms with Crippen molar-refractivity contribution in [3.8, 4) is 5.82 Å². The monoisotopic (exact) mass is 289 g/mol. The summed E-state index contributed by atoms with van der Waals surface area (Å²) in [6.07, 6.45) is 4.55. The van der Waals surface area contributed by atoms with Crippen LogP contribution in [0.4, 0.5) is 4.39 Å². The Morgan fingerprint density at radius 3 is 2.43 bits per heavy atom. The molecule has 0 spiro atoms. The van der Waals surface area contributed by atoms with Gasteiger partial charge < -0.3 is 9.31 Å². The number of pyridine rings is 1. The van der Waals surface area contributed by atoms with Crippen molar-refractivity contribution in [1.82, 2.24) is 14.8 Å². The van der Waals surface area contributed by atoms with E-state index in [1.54, 1.807) is 29.2 Å². The maximum Gasteiger partial charge on any atom is 0.498 e. The zero-order valence-electron chi connectivity index (χ0n) is 12.5. The highest BCUT2D eigenvalue weighted by Crippen LogP contribution is 2.36. The lowest BCUT2D eigenvalue weighted by atomic mass is 9.79. The molecule has 2 aromatic heterocycles. The number of halogens is 1. The summed E-state index contributed by atoms with van der Waals surface area (Å²) in [4.78, 5) is 4.04. The van der Waals surface area contributed by atoms with Gasteiger partial charge in [0, 0.05) is 17.9 Å². The Kier molecular flexibility index (Phi) is 3.14. The zero-order chi connectivity index (χ0) is 15.3. The second-order valence-electron chi connectivity index (χ2n) is 6.10. The number of hydrogen-bond donors (Lipinski definition) is 0. The van der Waals surface area contributed by atoms with Gasteiger partial charge in [-0.3, -0.25) is 0 Å². The Hall–Kier alpha value is -1.73. The maximum atomic E-state index is 14.1. The van der Waals surface area contributed by atoms with Crippen molar-refractivity contribution < 1.29 is 13.7 Å². The van der Waals surface area contributed by atoms with Crippen LogP contribution in [-0.4, -0.2) is 33.1 Å². The molecule has 0 unspecified atom stereocenters. The fourth-order valence-corrected chi connectivity index (χ4v) is 2.12. The minimum atomic E-state index is -0.757. The molecule has 21 heavy (non-hydrogen) atoms. The normalized spacial score (nSPS) is 20.0. The van der Waals surface area contributed by atoms with Crippen LogP contribution in [0.1, 0.15) is 27.7 Å². The van der Waals surface area contributed by atoms with Gasteiger partial charge in [-0.2, -0.15) is 5.10 Å². The van der Waals surface area contributed by atoms with Crippen molar-refractivity contribution in [2.45, 2.75) is 38.9 Å². The number of hydrogen-bond acceptors (Lipinski definition) is 4. The van der Waals surface area contributed by atoms with E-state index in [0.29, 0.717) is 11.3 Å². The molecule has 1 aliphatic rings. The third-order valence-electron chi connectivity index (χ3n) is 4.12. The minimum absolute atomic E-state index is 0.328. The summed E-state index contributed by atoms with van der Waals surface area (Å²) in [5.74, 6) is 0.0653. The topological polar surface area (TPSA) is 49.2 Å². The van der Waals surface area contributed by atoms with E-state index < -0.39 is 24.1 Å². The number of rotatable bonds is 2. The molecule has 0 aliphatic carbocycles. The Labute approximate surface area is 123 Å². The summed E-state index contributed by atoms with van der Waals surface area (Å²) in [6.45, 7) is 7.72. The van der Waals surface area contributed by atoms with Crippen molar-refractivity contribution >= 4 is 12.6 Å². The second-order valence-corrected chi connectivity index (χ2v) is 6.10. The van der Waals surface area contributed by atoms with Crippen LogP contribution in [0.2, 0.25) is 0 Å². The first-order chi connectivity index (χ1) is 9.80. The van der Waals surface area contributed by atoms with Crippen molar-refractivity contribution in [3.05, 3.63) is 36.5 Å². The molecular formula is C14H17BFN3O2. The van der Waals surface area contributed by atoms with Crippen molar-refractivity contribution in [2.24, 2.45) is 0 Å². The van der Waals surface area contributed by atoms with E-state index >= 15 is 0 Å². The lowest BCUT2D eigenvalue weighted by molar-refractivity contribution is 0.00578. The maximum absolute atomic E-state index is 14.1. The average Bonchev–Trinajstić information content (AvgIpc) is 2.97. The van der Waals surface area contributed by atoms with Crippen molar-refractivity contribution in [3.63, 3.8) is 0 Å². The molecule has 0 amide bonds. The van der Waals surface area contributed by atoms with E-state index in [0.717, 1.165) is 6.20 Å². The Bertz CT molecular complexity index is 642. The Balaban J connectivity index is 1.98. The van der Waals surface area contributed by atoms with Crippen LogP contribution in [0, 0.1) is 5.82 Å². The van der Waals surface area contributed by atoms with Crippen molar-refractivity contribution in [1.29, 1.82) is 0 Å². The van der Waals surface area contributed by atoms with Gasteiger partial charge in [0.25, 0.3) is 0 Å². The molecular weight excluding hydrogens is 272 g/mol. The Morgan fingerprint density at radius 1 is 1.19 bits per heavy atom. The number of aromatic nitrogens is 3. The lowest BCUT2D eigenvalue weighted by Crippen LogP contribution is -2.41. The van der Waals surface area contributed by atoms with Gasteiger partial charge >= 0.3 is 7.12 Å². The van der Waals surface area contributed by atoms with Gasteiger partial charge in [0.05, 0.1) is 17.4 Å². The van der Waals surface area contributed by atoms with Gasteiger partial charge in [0.1, 0.15) is 5.82 Å². The third kappa shape index (κ3) is 2.36. The highest BCUT2D eigenvalue weighted by atomic mass is 19.1. The first kappa shape index (κ1) is 14.2. The first-order valence-electron chi connectivity index (χ1n) is 6.81. The highest BCUT2D eigenvalue weighted by Gasteiger charge is 2.52. The fourth-order valence-electron chi connectivity index (χ4n) is 2.12. The molecule has 0 aromatic carbocycles. The predicted octanol–water partition coefficient (Wildman–Crippen LogP) is 1.71. The number of nitrogens with zero attached hydrogens (tertiary/aromatic N) is 3. The largest absolute Gasteiger partial charge is 0.498 e. The summed E-state index contributed by atoms with van der Waals surface area (Å²) in [5, 5.41) is 4.09. The molecule has 0 atom stereocenters. The van der Waals surface area contributed by atoms with Crippen LogP contribution >= 0.6 is 0 Å². The van der Waals surface area contributed by atoms with Crippen LogP contribution in [0.3, 0.4) is 0 Å². The highest BCUT2D eigenvalue weighted by molar-refractivity contribution is 6.62. The molecule has 0 bridgehead atoms. The summed E-state index contributed by atoms with van der Waals surface area (Å²) >= 11 is 0. The summed E-state index contributed by atoms with van der Waals surface area (Å²) in [7, 11) is -0.757. The van der Waals surface area contributed by atoms with E-state index in [1.165, 1.54) is 0 Å². The molecule has 7 heteroatoms. The quantitative estimate of drug-likeness (QED) is 0.790. The van der Waals surface area contributed by atoms with Crippen molar-refractivity contribution in [2.75, 3.05) is 0 Å². The molecule has 0 N–H and O–H groups in total. The van der Waals surface area contributed by atoms with Gasteiger partial charge in [-0.15, -0.1) is 0 Å². The molecule has 1 aliphatic heterocycles. The molecule has 1 saturated heterocycles. The molecule has 2 aromatic rings. The second kappa shape index (κ2) is 4.64. The molecule has 0 radical (unpaired) electrons. The van der Waals surface area contributed by atoms with E-state index in [2.05, 4.69) is 10.1 Å². The SMILES string of the molecule is CC1(C)OB(c2cc(-n3cccn3)ncc2F)OC1(C)C. The summed E-state index contributed by atoms with van der Waals surface area (Å²) < 4.78 is 27.4. The van der Waals surface area contributed by atoms with Crippen LogP contribution in [0.15, 0.2) is 30.7 Å². The summed E-state index contributed by atoms with van der Waals surface area (Å²) in [6, 6.07) is 3.38. The Morgan fingerprint density at radius 2 is 1.86 bits per heavy atom.